The summed E-state index contributed by atoms with van der Waals surface area (Å²) in [6, 6.07) is 16.3. The lowest BCUT2D eigenvalue weighted by Gasteiger charge is -2.41. The van der Waals surface area contributed by atoms with E-state index in [2.05, 4.69) is 58.7 Å². The molecule has 5 heteroatoms. The number of rotatable bonds is 3. The van der Waals surface area contributed by atoms with Gasteiger partial charge in [0.25, 0.3) is 0 Å². The Morgan fingerprint density at radius 1 is 1.08 bits per heavy atom. The van der Waals surface area contributed by atoms with E-state index in [1.807, 2.05) is 24.3 Å². The van der Waals surface area contributed by atoms with E-state index in [-0.39, 0.29) is 6.04 Å². The van der Waals surface area contributed by atoms with Gasteiger partial charge in [-0.15, -0.1) is 0 Å². The van der Waals surface area contributed by atoms with Crippen molar-refractivity contribution >= 4 is 23.2 Å². The number of hydrazine groups is 1. The Hall–Kier alpha value is -1.94. The Kier molecular flexibility index (Phi) is 4.46. The zero-order valence-electron chi connectivity index (χ0n) is 13.9. The van der Waals surface area contributed by atoms with Crippen LogP contribution in [0.3, 0.4) is 0 Å². The van der Waals surface area contributed by atoms with Gasteiger partial charge < -0.3 is 5.32 Å². The molecule has 4 rings (SSSR count). The summed E-state index contributed by atoms with van der Waals surface area (Å²) in [5.41, 5.74) is 3.41. The van der Waals surface area contributed by atoms with Crippen molar-refractivity contribution in [3.8, 4) is 0 Å². The van der Waals surface area contributed by atoms with Crippen molar-refractivity contribution in [1.82, 2.24) is 15.3 Å². The third-order valence-electron chi connectivity index (χ3n) is 4.55. The quantitative estimate of drug-likeness (QED) is 0.807. The summed E-state index contributed by atoms with van der Waals surface area (Å²) in [5.74, 6) is 1.09. The van der Waals surface area contributed by atoms with E-state index in [0.717, 1.165) is 30.2 Å². The van der Waals surface area contributed by atoms with Crippen molar-refractivity contribution < 1.29 is 0 Å². The van der Waals surface area contributed by atoms with E-state index in [1.54, 1.807) is 0 Å². The molecule has 0 saturated heterocycles. The molecule has 0 bridgehead atoms. The summed E-state index contributed by atoms with van der Waals surface area (Å²) in [5, 5.41) is 9.26. The van der Waals surface area contributed by atoms with Crippen molar-refractivity contribution in [3.05, 3.63) is 93.4 Å². The van der Waals surface area contributed by atoms with Gasteiger partial charge in [-0.3, -0.25) is 5.01 Å². The molecule has 1 N–H and O–H groups in total. The number of halogens is 2. The third kappa shape index (κ3) is 3.15. The highest BCUT2D eigenvalue weighted by Gasteiger charge is 2.34. The molecular weight excluding hydrogens is 353 g/mol. The fourth-order valence-corrected chi connectivity index (χ4v) is 3.84. The number of nitrogens with zero attached hydrogens (tertiary/aromatic N) is 2. The minimum atomic E-state index is 0.0184. The van der Waals surface area contributed by atoms with Gasteiger partial charge in [0.05, 0.1) is 16.1 Å². The van der Waals surface area contributed by atoms with Crippen LogP contribution < -0.4 is 5.32 Å². The fraction of sp³-hybridized carbons (Fsp3) is 0.200. The maximum absolute atomic E-state index is 6.53. The first-order valence-corrected chi connectivity index (χ1v) is 9.06. The molecule has 0 spiro atoms. The Bertz CT molecular complexity index is 845. The van der Waals surface area contributed by atoms with Crippen LogP contribution in [0.25, 0.3) is 0 Å². The van der Waals surface area contributed by atoms with Crippen LogP contribution in [0.2, 0.25) is 10.0 Å². The second kappa shape index (κ2) is 6.75. The average Bonchev–Trinajstić information content (AvgIpc) is 3.00. The van der Waals surface area contributed by atoms with Gasteiger partial charge in [0.2, 0.25) is 0 Å². The smallest absolute Gasteiger partial charge is 0.118 e. The van der Waals surface area contributed by atoms with E-state index in [1.165, 1.54) is 5.56 Å². The Labute approximate surface area is 158 Å². The lowest BCUT2D eigenvalue weighted by Crippen LogP contribution is -2.44. The molecule has 0 saturated carbocycles. The maximum Gasteiger partial charge on any atom is 0.118 e. The minimum absolute atomic E-state index is 0.0184. The topological polar surface area (TPSA) is 18.5 Å². The lowest BCUT2D eigenvalue weighted by atomic mass is 10.0. The zero-order chi connectivity index (χ0) is 17.4. The molecule has 2 heterocycles. The van der Waals surface area contributed by atoms with Gasteiger partial charge >= 0.3 is 0 Å². The summed E-state index contributed by atoms with van der Waals surface area (Å²) in [4.78, 5) is 0. The summed E-state index contributed by atoms with van der Waals surface area (Å²) in [7, 11) is 0. The second-order valence-corrected chi connectivity index (χ2v) is 7.11. The third-order valence-corrected chi connectivity index (χ3v) is 5.39. The number of hydrogen-bond donors (Lipinski definition) is 1. The Morgan fingerprint density at radius 2 is 1.88 bits per heavy atom. The van der Waals surface area contributed by atoms with Gasteiger partial charge in [-0.1, -0.05) is 65.7 Å². The first-order chi connectivity index (χ1) is 12.1. The van der Waals surface area contributed by atoms with Gasteiger partial charge in [0.1, 0.15) is 5.82 Å². The predicted molar refractivity (Wildman–Crippen MR) is 103 cm³/mol. The van der Waals surface area contributed by atoms with Gasteiger partial charge in [0.15, 0.2) is 0 Å². The zero-order valence-corrected chi connectivity index (χ0v) is 15.4. The summed E-state index contributed by atoms with van der Waals surface area (Å²) >= 11 is 12.8. The van der Waals surface area contributed by atoms with Crippen molar-refractivity contribution in [1.29, 1.82) is 0 Å². The van der Waals surface area contributed by atoms with Gasteiger partial charge in [0, 0.05) is 24.4 Å². The molecule has 25 heavy (non-hydrogen) atoms. The van der Waals surface area contributed by atoms with Crippen LogP contribution in [-0.2, 0) is 6.54 Å². The van der Waals surface area contributed by atoms with Gasteiger partial charge in [-0.25, -0.2) is 5.01 Å². The van der Waals surface area contributed by atoms with E-state index in [0.29, 0.717) is 10.0 Å². The number of nitrogens with one attached hydrogen (secondary N) is 1. The van der Waals surface area contributed by atoms with E-state index >= 15 is 0 Å². The largest absolute Gasteiger partial charge is 0.345 e. The lowest BCUT2D eigenvalue weighted by molar-refractivity contribution is -0.00339. The highest BCUT2D eigenvalue weighted by Crippen LogP contribution is 2.39. The van der Waals surface area contributed by atoms with Crippen molar-refractivity contribution in [2.45, 2.75) is 19.5 Å². The molecule has 0 fully saturated rings. The van der Waals surface area contributed by atoms with Crippen LogP contribution in [0.5, 0.6) is 0 Å². The molecule has 0 aliphatic carbocycles. The first-order valence-electron chi connectivity index (χ1n) is 8.31. The van der Waals surface area contributed by atoms with E-state index in [4.69, 9.17) is 23.2 Å². The van der Waals surface area contributed by atoms with E-state index < -0.39 is 0 Å². The number of allylic oxidation sites excluding steroid dienone is 1. The molecule has 2 aromatic rings. The molecule has 2 aromatic carbocycles. The van der Waals surface area contributed by atoms with Crippen molar-refractivity contribution in [2.24, 2.45) is 0 Å². The molecule has 3 nitrogen and oxygen atoms in total. The summed E-state index contributed by atoms with van der Waals surface area (Å²) in [6.45, 7) is 3.76. The van der Waals surface area contributed by atoms with Crippen LogP contribution in [0.4, 0.5) is 0 Å². The molecule has 128 valence electrons. The highest BCUT2D eigenvalue weighted by atomic mass is 35.5. The Morgan fingerprint density at radius 3 is 2.68 bits per heavy atom. The van der Waals surface area contributed by atoms with Crippen LogP contribution >= 0.6 is 23.2 Å². The molecule has 1 unspecified atom stereocenters. The van der Waals surface area contributed by atoms with Crippen molar-refractivity contribution in [3.63, 3.8) is 0 Å². The van der Waals surface area contributed by atoms with Crippen LogP contribution in [0, 0.1) is 0 Å². The van der Waals surface area contributed by atoms with E-state index in [9.17, 15) is 0 Å². The molecule has 2 aliphatic heterocycles. The second-order valence-electron chi connectivity index (χ2n) is 6.33. The standard InChI is InChI=1S/C20H19Cl2N3/c1-14-12-18(16-8-5-9-17(21)20(16)22)25-19(23-14)10-11-24(25)13-15-6-3-2-4-7-15/h2-10,12,18,23H,11,13H2,1H3. The van der Waals surface area contributed by atoms with Gasteiger partial charge in [-0.05, 0) is 30.7 Å². The predicted octanol–water partition coefficient (Wildman–Crippen LogP) is 5.12. The fourth-order valence-electron chi connectivity index (χ4n) is 3.42. The van der Waals surface area contributed by atoms with Crippen LogP contribution in [0.15, 0.2) is 72.2 Å². The summed E-state index contributed by atoms with van der Waals surface area (Å²) in [6.07, 6.45) is 4.41. The average molecular weight is 372 g/mol. The number of benzene rings is 2. The highest BCUT2D eigenvalue weighted by molar-refractivity contribution is 6.42. The van der Waals surface area contributed by atoms with Crippen molar-refractivity contribution in [2.75, 3.05) is 6.54 Å². The molecule has 0 aromatic heterocycles. The number of fused-ring (bicyclic) bond motifs is 1. The minimum Gasteiger partial charge on any atom is -0.345 e. The molecule has 2 aliphatic rings. The Balaban J connectivity index is 1.70. The maximum atomic E-state index is 6.53. The number of hydrogen-bond acceptors (Lipinski definition) is 3. The SMILES string of the molecule is CC1=CC(c2cccc(Cl)c2Cl)N2C(=CCN2Cc2ccccc2)N1. The molecule has 0 radical (unpaired) electrons. The molecule has 0 amide bonds. The van der Waals surface area contributed by atoms with Crippen LogP contribution in [0.1, 0.15) is 24.1 Å². The molecular formula is C20H19Cl2N3. The monoisotopic (exact) mass is 371 g/mol. The van der Waals surface area contributed by atoms with Gasteiger partial charge in [-0.2, -0.15) is 0 Å². The normalized spacial score (nSPS) is 20.0. The first kappa shape index (κ1) is 16.5. The van der Waals surface area contributed by atoms with Crippen LogP contribution in [-0.4, -0.2) is 16.6 Å². The molecule has 1 atom stereocenters. The summed E-state index contributed by atoms with van der Waals surface area (Å²) < 4.78 is 0.